The van der Waals surface area contributed by atoms with Gasteiger partial charge in [-0.2, -0.15) is 0 Å². The molecule has 2 atom stereocenters. The minimum Gasteiger partial charge on any atom is -0.391 e. The Balaban J connectivity index is 2.70. The molecular weight excluding hydrogens is 241 g/mol. The first kappa shape index (κ1) is 14.4. The van der Waals surface area contributed by atoms with E-state index in [1.54, 1.807) is 6.07 Å². The van der Waals surface area contributed by atoms with Crippen LogP contribution in [0.3, 0.4) is 0 Å². The Morgan fingerprint density at radius 1 is 1.29 bits per heavy atom. The maximum atomic E-state index is 13.1. The van der Waals surface area contributed by atoms with Crippen molar-refractivity contribution in [3.05, 3.63) is 34.6 Å². The van der Waals surface area contributed by atoms with E-state index in [2.05, 4.69) is 13.8 Å². The number of aliphatic hydroxyl groups excluding tert-OH is 1. The Morgan fingerprint density at radius 2 is 1.94 bits per heavy atom. The summed E-state index contributed by atoms with van der Waals surface area (Å²) in [5.41, 5.74) is 6.42. The summed E-state index contributed by atoms with van der Waals surface area (Å²) in [7, 11) is 0. The van der Waals surface area contributed by atoms with Crippen molar-refractivity contribution in [2.24, 2.45) is 11.7 Å². The van der Waals surface area contributed by atoms with Crippen LogP contribution in [0.1, 0.15) is 38.3 Å². The van der Waals surface area contributed by atoms with Crippen LogP contribution in [0.4, 0.5) is 4.39 Å². The van der Waals surface area contributed by atoms with Crippen LogP contribution in [0, 0.1) is 11.7 Å². The van der Waals surface area contributed by atoms with Gasteiger partial charge in [-0.15, -0.1) is 0 Å². The van der Waals surface area contributed by atoms with Crippen molar-refractivity contribution in [3.8, 4) is 0 Å². The van der Waals surface area contributed by atoms with Gasteiger partial charge in [0, 0.05) is 5.02 Å². The molecule has 3 N–H and O–H groups in total. The molecule has 0 spiro atoms. The molecule has 4 heteroatoms. The summed E-state index contributed by atoms with van der Waals surface area (Å²) >= 11 is 5.75. The van der Waals surface area contributed by atoms with Gasteiger partial charge < -0.3 is 10.8 Å². The van der Waals surface area contributed by atoms with E-state index in [0.29, 0.717) is 22.9 Å². The van der Waals surface area contributed by atoms with Gasteiger partial charge in [-0.3, -0.25) is 0 Å². The molecule has 17 heavy (non-hydrogen) atoms. The number of rotatable bonds is 5. The van der Waals surface area contributed by atoms with Crippen molar-refractivity contribution in [3.63, 3.8) is 0 Å². The van der Waals surface area contributed by atoms with Crippen LogP contribution < -0.4 is 5.73 Å². The third kappa shape index (κ3) is 4.62. The lowest BCUT2D eigenvalue weighted by atomic mass is 9.96. The summed E-state index contributed by atoms with van der Waals surface area (Å²) < 4.78 is 13.1. The second-order valence-electron chi connectivity index (χ2n) is 4.77. The van der Waals surface area contributed by atoms with Crippen LogP contribution in [-0.4, -0.2) is 11.2 Å². The van der Waals surface area contributed by atoms with Gasteiger partial charge >= 0.3 is 0 Å². The van der Waals surface area contributed by atoms with Crippen molar-refractivity contribution < 1.29 is 9.50 Å². The lowest BCUT2D eigenvalue weighted by molar-refractivity contribution is 0.128. The summed E-state index contributed by atoms with van der Waals surface area (Å²) in [5, 5.41) is 10.2. The highest BCUT2D eigenvalue weighted by Crippen LogP contribution is 2.23. The highest BCUT2D eigenvalue weighted by molar-refractivity contribution is 6.30. The first-order valence-electron chi connectivity index (χ1n) is 5.79. The lowest BCUT2D eigenvalue weighted by Gasteiger charge is -2.20. The average Bonchev–Trinajstić information content (AvgIpc) is 2.23. The first-order chi connectivity index (χ1) is 7.90. The summed E-state index contributed by atoms with van der Waals surface area (Å²) in [6, 6.07) is 3.53. The number of halogens is 2. The third-order valence-corrected chi connectivity index (χ3v) is 2.94. The van der Waals surface area contributed by atoms with Gasteiger partial charge in [0.1, 0.15) is 5.82 Å². The van der Waals surface area contributed by atoms with Crippen molar-refractivity contribution in [2.75, 3.05) is 0 Å². The van der Waals surface area contributed by atoms with Crippen LogP contribution >= 0.6 is 11.6 Å². The van der Waals surface area contributed by atoms with Crippen molar-refractivity contribution in [1.82, 2.24) is 0 Å². The molecule has 2 nitrogen and oxygen atoms in total. The van der Waals surface area contributed by atoms with E-state index in [1.165, 1.54) is 12.1 Å². The SMILES string of the molecule is CC(C)CC[C@@H](O)[C@@H](N)c1cc(F)cc(Cl)c1. The molecule has 0 fully saturated rings. The third-order valence-electron chi connectivity index (χ3n) is 2.72. The molecule has 0 aliphatic rings. The predicted octanol–water partition coefficient (Wildman–Crippen LogP) is 3.28. The fourth-order valence-corrected chi connectivity index (χ4v) is 1.90. The maximum absolute atomic E-state index is 13.1. The van der Waals surface area contributed by atoms with Gasteiger partial charge in [0.05, 0.1) is 12.1 Å². The zero-order valence-electron chi connectivity index (χ0n) is 10.2. The van der Waals surface area contributed by atoms with Crippen LogP contribution in [0.2, 0.25) is 5.02 Å². The topological polar surface area (TPSA) is 46.2 Å². The second kappa shape index (κ2) is 6.34. The van der Waals surface area contributed by atoms with Crippen molar-refractivity contribution >= 4 is 11.6 Å². The van der Waals surface area contributed by atoms with Crippen LogP contribution in [0.25, 0.3) is 0 Å². The van der Waals surface area contributed by atoms with Gasteiger partial charge in [-0.25, -0.2) is 4.39 Å². The zero-order chi connectivity index (χ0) is 13.0. The number of hydrogen-bond acceptors (Lipinski definition) is 2. The Labute approximate surface area is 107 Å². The minimum absolute atomic E-state index is 0.298. The smallest absolute Gasteiger partial charge is 0.125 e. The number of benzene rings is 1. The van der Waals surface area contributed by atoms with E-state index in [1.807, 2.05) is 0 Å². The Morgan fingerprint density at radius 3 is 2.47 bits per heavy atom. The molecule has 0 saturated heterocycles. The Kier molecular flexibility index (Phi) is 5.37. The van der Waals surface area contributed by atoms with Crippen LogP contribution in [0.15, 0.2) is 18.2 Å². The first-order valence-corrected chi connectivity index (χ1v) is 6.17. The molecule has 1 aromatic rings. The van der Waals surface area contributed by atoms with Gasteiger partial charge in [0.25, 0.3) is 0 Å². The molecule has 0 bridgehead atoms. The summed E-state index contributed by atoms with van der Waals surface area (Å²) in [6.07, 6.45) is 0.820. The average molecular weight is 260 g/mol. The molecule has 0 saturated carbocycles. The molecule has 0 amide bonds. The normalized spacial score (nSPS) is 15.0. The van der Waals surface area contributed by atoms with Crippen LogP contribution in [0.5, 0.6) is 0 Å². The van der Waals surface area contributed by atoms with E-state index in [-0.39, 0.29) is 0 Å². The maximum Gasteiger partial charge on any atom is 0.125 e. The summed E-state index contributed by atoms with van der Waals surface area (Å²) in [6.45, 7) is 4.16. The Bertz CT molecular complexity index is 350. The largest absolute Gasteiger partial charge is 0.391 e. The molecule has 0 radical (unpaired) electrons. The molecule has 0 heterocycles. The van der Waals surface area contributed by atoms with Gasteiger partial charge in [-0.05, 0) is 42.5 Å². The van der Waals surface area contributed by atoms with E-state index < -0.39 is 18.0 Å². The number of aliphatic hydroxyl groups is 1. The molecular formula is C13H19ClFNO. The molecule has 96 valence electrons. The summed E-state index contributed by atoms with van der Waals surface area (Å²) in [4.78, 5) is 0. The fourth-order valence-electron chi connectivity index (χ4n) is 1.67. The fraction of sp³-hybridized carbons (Fsp3) is 0.538. The minimum atomic E-state index is -0.671. The highest BCUT2D eigenvalue weighted by Gasteiger charge is 2.18. The molecule has 0 aromatic heterocycles. The van der Waals surface area contributed by atoms with Gasteiger partial charge in [0.15, 0.2) is 0 Å². The van der Waals surface area contributed by atoms with Crippen LogP contribution in [-0.2, 0) is 0 Å². The highest BCUT2D eigenvalue weighted by atomic mass is 35.5. The van der Waals surface area contributed by atoms with Gasteiger partial charge in [0.2, 0.25) is 0 Å². The van der Waals surface area contributed by atoms with Gasteiger partial charge in [-0.1, -0.05) is 25.4 Å². The standard InChI is InChI=1S/C13H19ClFNO/c1-8(2)3-4-12(17)13(16)9-5-10(14)7-11(15)6-9/h5-8,12-13,17H,3-4,16H2,1-2H3/t12-,13+/m1/s1. The molecule has 1 aromatic carbocycles. The molecule has 0 aliphatic heterocycles. The number of hydrogen-bond donors (Lipinski definition) is 2. The van der Waals surface area contributed by atoms with Crippen molar-refractivity contribution in [1.29, 1.82) is 0 Å². The Hall–Kier alpha value is -0.640. The van der Waals surface area contributed by atoms with E-state index in [9.17, 15) is 9.50 Å². The van der Waals surface area contributed by atoms with E-state index in [0.717, 1.165) is 6.42 Å². The van der Waals surface area contributed by atoms with E-state index >= 15 is 0 Å². The quantitative estimate of drug-likeness (QED) is 0.853. The summed E-state index contributed by atoms with van der Waals surface area (Å²) in [5.74, 6) is 0.0759. The van der Waals surface area contributed by atoms with Crippen molar-refractivity contribution in [2.45, 2.75) is 38.8 Å². The lowest BCUT2D eigenvalue weighted by Crippen LogP contribution is -2.26. The molecule has 0 unspecified atom stereocenters. The monoisotopic (exact) mass is 259 g/mol. The predicted molar refractivity (Wildman–Crippen MR) is 68.4 cm³/mol. The molecule has 1 rings (SSSR count). The number of nitrogens with two attached hydrogens (primary N) is 1. The second-order valence-corrected chi connectivity index (χ2v) is 5.20. The van der Waals surface area contributed by atoms with E-state index in [4.69, 9.17) is 17.3 Å². The zero-order valence-corrected chi connectivity index (χ0v) is 10.9. The molecule has 0 aliphatic carbocycles.